The molecule has 2 amide bonds. The van der Waals surface area contributed by atoms with E-state index in [1.54, 1.807) is 57.4 Å². The maximum atomic E-state index is 12.6. The number of ether oxygens (including phenoxy) is 1. The molecule has 3 aromatic rings. The van der Waals surface area contributed by atoms with Gasteiger partial charge in [-0.15, -0.1) is 0 Å². The zero-order valence-electron chi connectivity index (χ0n) is 15.6. The molecule has 8 heteroatoms. The van der Waals surface area contributed by atoms with Crippen LogP contribution in [0.25, 0.3) is 11.0 Å². The SMILES string of the molecule is Cc1c(C(=O)Nc2cccc(N)c2)c(=O)oc2cc(OC(=O)N(C)C)ccc12. The van der Waals surface area contributed by atoms with E-state index in [2.05, 4.69) is 5.32 Å². The molecule has 1 aromatic heterocycles. The number of carbonyl (C=O) groups excluding carboxylic acids is 2. The first-order chi connectivity index (χ1) is 13.3. The Hall–Kier alpha value is -3.81. The van der Waals surface area contributed by atoms with Crippen molar-refractivity contribution in [2.75, 3.05) is 25.1 Å². The number of nitrogens with zero attached hydrogens (tertiary/aromatic N) is 1. The fourth-order valence-electron chi connectivity index (χ4n) is 2.66. The number of aryl methyl sites for hydroxylation is 1. The van der Waals surface area contributed by atoms with Gasteiger partial charge in [-0.25, -0.2) is 9.59 Å². The van der Waals surface area contributed by atoms with E-state index < -0.39 is 17.6 Å². The van der Waals surface area contributed by atoms with Gasteiger partial charge in [0.05, 0.1) is 0 Å². The maximum Gasteiger partial charge on any atom is 0.414 e. The van der Waals surface area contributed by atoms with Crippen molar-refractivity contribution in [2.24, 2.45) is 0 Å². The molecule has 3 rings (SSSR count). The van der Waals surface area contributed by atoms with Gasteiger partial charge in [-0.1, -0.05) is 6.07 Å². The molecule has 0 saturated heterocycles. The lowest BCUT2D eigenvalue weighted by Gasteiger charge is -2.12. The second-order valence-electron chi connectivity index (χ2n) is 6.39. The fourth-order valence-corrected chi connectivity index (χ4v) is 2.66. The van der Waals surface area contributed by atoms with Crippen molar-refractivity contribution in [1.82, 2.24) is 4.90 Å². The summed E-state index contributed by atoms with van der Waals surface area (Å²) in [6, 6.07) is 11.3. The first-order valence-corrected chi connectivity index (χ1v) is 8.39. The van der Waals surface area contributed by atoms with E-state index in [0.29, 0.717) is 22.3 Å². The second-order valence-corrected chi connectivity index (χ2v) is 6.39. The summed E-state index contributed by atoms with van der Waals surface area (Å²) in [6.07, 6.45) is -0.559. The highest BCUT2D eigenvalue weighted by molar-refractivity contribution is 6.07. The van der Waals surface area contributed by atoms with Crippen molar-refractivity contribution < 1.29 is 18.7 Å². The first kappa shape index (κ1) is 19.0. The number of fused-ring (bicyclic) bond motifs is 1. The summed E-state index contributed by atoms with van der Waals surface area (Å²) >= 11 is 0. The number of rotatable bonds is 3. The van der Waals surface area contributed by atoms with Crippen LogP contribution in [-0.4, -0.2) is 31.0 Å². The fraction of sp³-hybridized carbons (Fsp3) is 0.150. The number of nitrogens with one attached hydrogen (secondary N) is 1. The zero-order chi connectivity index (χ0) is 20.4. The molecule has 0 saturated carbocycles. The third-order valence-corrected chi connectivity index (χ3v) is 4.08. The average Bonchev–Trinajstić information content (AvgIpc) is 2.61. The Balaban J connectivity index is 1.97. The standard InChI is InChI=1S/C20H19N3O5/c1-11-15-8-7-14(27-20(26)23(2)3)10-16(15)28-19(25)17(11)18(24)22-13-6-4-5-12(21)9-13/h4-10H,21H2,1-3H3,(H,22,24). The lowest BCUT2D eigenvalue weighted by molar-refractivity contribution is 0.102. The van der Waals surface area contributed by atoms with Crippen LogP contribution in [0, 0.1) is 6.92 Å². The molecule has 28 heavy (non-hydrogen) atoms. The minimum atomic E-state index is -0.789. The molecule has 0 spiro atoms. The van der Waals surface area contributed by atoms with Crippen LogP contribution in [0.5, 0.6) is 5.75 Å². The van der Waals surface area contributed by atoms with E-state index in [9.17, 15) is 14.4 Å². The number of hydrogen-bond acceptors (Lipinski definition) is 6. The Kier molecular flexibility index (Phi) is 5.04. The van der Waals surface area contributed by atoms with E-state index in [1.165, 1.54) is 11.0 Å². The van der Waals surface area contributed by atoms with Crippen molar-refractivity contribution in [3.63, 3.8) is 0 Å². The monoisotopic (exact) mass is 381 g/mol. The zero-order valence-corrected chi connectivity index (χ0v) is 15.6. The van der Waals surface area contributed by atoms with E-state index in [0.717, 1.165) is 0 Å². The normalized spacial score (nSPS) is 10.5. The summed E-state index contributed by atoms with van der Waals surface area (Å²) in [5.41, 5.74) is 6.44. The third kappa shape index (κ3) is 3.80. The molecule has 3 N–H and O–H groups in total. The van der Waals surface area contributed by atoms with Gasteiger partial charge in [0.1, 0.15) is 16.9 Å². The Morgan fingerprint density at radius 2 is 1.89 bits per heavy atom. The van der Waals surface area contributed by atoms with Gasteiger partial charge in [-0.2, -0.15) is 0 Å². The number of hydrogen-bond donors (Lipinski definition) is 2. The summed E-state index contributed by atoms with van der Waals surface area (Å²) in [5, 5.41) is 3.20. The van der Waals surface area contributed by atoms with Gasteiger partial charge in [-0.05, 0) is 42.8 Å². The number of anilines is 2. The number of benzene rings is 2. The third-order valence-electron chi connectivity index (χ3n) is 4.08. The van der Waals surface area contributed by atoms with Crippen LogP contribution in [-0.2, 0) is 0 Å². The van der Waals surface area contributed by atoms with Crippen molar-refractivity contribution in [1.29, 1.82) is 0 Å². The summed E-state index contributed by atoms with van der Waals surface area (Å²) < 4.78 is 10.5. The van der Waals surface area contributed by atoms with Gasteiger partial charge < -0.3 is 25.1 Å². The number of nitrogen functional groups attached to an aromatic ring is 1. The Morgan fingerprint density at radius 1 is 1.14 bits per heavy atom. The lowest BCUT2D eigenvalue weighted by atomic mass is 10.1. The van der Waals surface area contributed by atoms with Crippen LogP contribution in [0.2, 0.25) is 0 Å². The summed E-state index contributed by atoms with van der Waals surface area (Å²) in [6.45, 7) is 1.65. The number of nitrogens with two attached hydrogens (primary N) is 1. The predicted molar refractivity (Wildman–Crippen MR) is 106 cm³/mol. The van der Waals surface area contributed by atoms with Crippen LogP contribution < -0.4 is 21.4 Å². The highest BCUT2D eigenvalue weighted by Gasteiger charge is 2.19. The van der Waals surface area contributed by atoms with Crippen LogP contribution >= 0.6 is 0 Å². The van der Waals surface area contributed by atoms with Crippen LogP contribution in [0.4, 0.5) is 16.2 Å². The van der Waals surface area contributed by atoms with Gasteiger partial charge in [0.25, 0.3) is 5.91 Å². The van der Waals surface area contributed by atoms with E-state index in [1.807, 2.05) is 0 Å². The molecule has 0 aliphatic rings. The molecule has 144 valence electrons. The van der Waals surface area contributed by atoms with E-state index >= 15 is 0 Å². The van der Waals surface area contributed by atoms with Crippen molar-refractivity contribution in [3.05, 3.63) is 64.0 Å². The minimum Gasteiger partial charge on any atom is -0.422 e. The lowest BCUT2D eigenvalue weighted by Crippen LogP contribution is -2.25. The van der Waals surface area contributed by atoms with Crippen LogP contribution in [0.3, 0.4) is 0 Å². The molecule has 1 heterocycles. The van der Waals surface area contributed by atoms with Crippen molar-refractivity contribution in [2.45, 2.75) is 6.92 Å². The maximum absolute atomic E-state index is 12.6. The van der Waals surface area contributed by atoms with Crippen molar-refractivity contribution in [3.8, 4) is 5.75 Å². The largest absolute Gasteiger partial charge is 0.422 e. The predicted octanol–water partition coefficient (Wildman–Crippen LogP) is 3.00. The Labute approximate surface area is 160 Å². The quantitative estimate of drug-likeness (QED) is 0.532. The Morgan fingerprint density at radius 3 is 2.57 bits per heavy atom. The summed E-state index contributed by atoms with van der Waals surface area (Å²) in [4.78, 5) is 38.0. The first-order valence-electron chi connectivity index (χ1n) is 8.39. The smallest absolute Gasteiger partial charge is 0.414 e. The molecule has 0 aliphatic heterocycles. The molecule has 0 radical (unpaired) electrons. The van der Waals surface area contributed by atoms with Crippen LogP contribution in [0.15, 0.2) is 51.7 Å². The average molecular weight is 381 g/mol. The van der Waals surface area contributed by atoms with Crippen LogP contribution in [0.1, 0.15) is 15.9 Å². The van der Waals surface area contributed by atoms with Gasteiger partial charge in [0.2, 0.25) is 0 Å². The Bertz CT molecular complexity index is 1130. The van der Waals surface area contributed by atoms with Gasteiger partial charge in [0, 0.05) is 36.9 Å². The molecule has 0 aliphatic carbocycles. The molecular formula is C20H19N3O5. The molecule has 0 fully saturated rings. The summed E-state index contributed by atoms with van der Waals surface area (Å²) in [5.74, 6) is -0.368. The summed E-state index contributed by atoms with van der Waals surface area (Å²) in [7, 11) is 3.11. The number of carbonyl (C=O) groups is 2. The van der Waals surface area contributed by atoms with Crippen molar-refractivity contribution >= 4 is 34.3 Å². The molecule has 2 aromatic carbocycles. The molecule has 0 unspecified atom stereocenters. The number of amides is 2. The topological polar surface area (TPSA) is 115 Å². The van der Waals surface area contributed by atoms with Gasteiger partial charge in [-0.3, -0.25) is 4.79 Å². The van der Waals surface area contributed by atoms with E-state index in [4.69, 9.17) is 14.9 Å². The van der Waals surface area contributed by atoms with Gasteiger partial charge >= 0.3 is 11.7 Å². The highest BCUT2D eigenvalue weighted by atomic mass is 16.6. The highest BCUT2D eigenvalue weighted by Crippen LogP contribution is 2.25. The van der Waals surface area contributed by atoms with Gasteiger partial charge in [0.15, 0.2) is 0 Å². The minimum absolute atomic E-state index is 0.104. The molecule has 0 bridgehead atoms. The molecule has 8 nitrogen and oxygen atoms in total. The second kappa shape index (κ2) is 7.43. The molecule has 0 atom stereocenters. The van der Waals surface area contributed by atoms with E-state index in [-0.39, 0.29) is 16.9 Å². The molecular weight excluding hydrogens is 362 g/mol.